The van der Waals surface area contributed by atoms with Crippen molar-refractivity contribution in [2.45, 2.75) is 0 Å². The number of rotatable bonds is 4. The molecule has 9 heavy (non-hydrogen) atoms. The van der Waals surface area contributed by atoms with Crippen molar-refractivity contribution < 1.29 is 0 Å². The summed E-state index contributed by atoms with van der Waals surface area (Å²) in [5.74, 6) is 1.38. The molecule has 0 aromatic carbocycles. The second-order valence-electron chi connectivity index (χ2n) is 1.68. The van der Waals surface area contributed by atoms with Gasteiger partial charge in [0.2, 0.25) is 0 Å². The van der Waals surface area contributed by atoms with Gasteiger partial charge in [-0.1, -0.05) is 0 Å². The standard InChI is InChI=1S/C5H11Cl2N.Ca.2H/c1-8(4-2-6)5-3-7;;;/h2-5H2,1H3;;;. The first-order valence-corrected chi connectivity index (χ1v) is 3.68. The van der Waals surface area contributed by atoms with Crippen molar-refractivity contribution in [2.24, 2.45) is 0 Å². The molecule has 0 aliphatic carbocycles. The fourth-order valence-electron chi connectivity index (χ4n) is 0.400. The van der Waals surface area contributed by atoms with E-state index in [0.29, 0.717) is 11.8 Å². The summed E-state index contributed by atoms with van der Waals surface area (Å²) in [4.78, 5) is 2.10. The van der Waals surface area contributed by atoms with Gasteiger partial charge in [0.05, 0.1) is 0 Å². The Hall–Kier alpha value is 1.80. The van der Waals surface area contributed by atoms with Gasteiger partial charge in [-0.05, 0) is 7.05 Å². The summed E-state index contributed by atoms with van der Waals surface area (Å²) in [6, 6.07) is 0. The van der Waals surface area contributed by atoms with E-state index in [9.17, 15) is 0 Å². The fraction of sp³-hybridized carbons (Fsp3) is 1.00. The van der Waals surface area contributed by atoms with Gasteiger partial charge in [-0.15, -0.1) is 23.2 Å². The van der Waals surface area contributed by atoms with E-state index in [0.717, 1.165) is 13.1 Å². The second kappa shape index (κ2) is 9.80. The van der Waals surface area contributed by atoms with Crippen LogP contribution < -0.4 is 0 Å². The Kier molecular flexibility index (Phi) is 14.6. The summed E-state index contributed by atoms with van der Waals surface area (Å²) >= 11 is 10.9. The summed E-state index contributed by atoms with van der Waals surface area (Å²) in [5.41, 5.74) is 0. The van der Waals surface area contributed by atoms with Crippen LogP contribution >= 0.6 is 23.2 Å². The van der Waals surface area contributed by atoms with E-state index in [4.69, 9.17) is 23.2 Å². The van der Waals surface area contributed by atoms with Crippen molar-refractivity contribution in [2.75, 3.05) is 31.9 Å². The molecule has 0 aromatic rings. The van der Waals surface area contributed by atoms with Gasteiger partial charge in [0.1, 0.15) is 0 Å². The molecule has 54 valence electrons. The van der Waals surface area contributed by atoms with E-state index in [-0.39, 0.29) is 37.7 Å². The average molecular weight is 198 g/mol. The number of nitrogens with zero attached hydrogens (tertiary/aromatic N) is 1. The molecule has 0 atom stereocenters. The van der Waals surface area contributed by atoms with Gasteiger partial charge in [0, 0.05) is 24.8 Å². The minimum absolute atomic E-state index is 0. The number of hydrogen-bond donors (Lipinski definition) is 0. The van der Waals surface area contributed by atoms with Gasteiger partial charge >= 0.3 is 37.7 Å². The van der Waals surface area contributed by atoms with Crippen LogP contribution in [0.3, 0.4) is 0 Å². The van der Waals surface area contributed by atoms with E-state index in [1.807, 2.05) is 7.05 Å². The van der Waals surface area contributed by atoms with Crippen molar-refractivity contribution in [1.82, 2.24) is 4.90 Å². The third-order valence-corrected chi connectivity index (χ3v) is 1.27. The van der Waals surface area contributed by atoms with E-state index >= 15 is 0 Å². The van der Waals surface area contributed by atoms with Crippen LogP contribution in [-0.2, 0) is 0 Å². The number of hydrogen-bond acceptors (Lipinski definition) is 1. The predicted octanol–water partition coefficient (Wildman–Crippen LogP) is 0.480. The molecule has 0 unspecified atom stereocenters. The molecular weight excluding hydrogens is 185 g/mol. The maximum atomic E-state index is 5.45. The van der Waals surface area contributed by atoms with Crippen molar-refractivity contribution in [1.29, 1.82) is 0 Å². The molecule has 0 spiro atoms. The number of alkyl halides is 2. The normalized spacial score (nSPS) is 9.33. The summed E-state index contributed by atoms with van der Waals surface area (Å²) in [6.45, 7) is 1.85. The zero-order valence-corrected chi connectivity index (χ0v) is 6.54. The molecule has 1 nitrogen and oxygen atoms in total. The van der Waals surface area contributed by atoms with E-state index < -0.39 is 0 Å². The minimum atomic E-state index is 0. The Bertz CT molecular complexity index is 48.2. The van der Waals surface area contributed by atoms with Gasteiger partial charge in [0.25, 0.3) is 0 Å². The van der Waals surface area contributed by atoms with Gasteiger partial charge in [-0.3, -0.25) is 0 Å². The molecule has 0 aliphatic heterocycles. The molecule has 0 saturated heterocycles. The molecule has 0 bridgehead atoms. The Labute approximate surface area is 96.7 Å². The van der Waals surface area contributed by atoms with E-state index in [1.54, 1.807) is 0 Å². The molecule has 0 saturated carbocycles. The van der Waals surface area contributed by atoms with Gasteiger partial charge in [0.15, 0.2) is 0 Å². The van der Waals surface area contributed by atoms with Gasteiger partial charge in [-0.2, -0.15) is 0 Å². The zero-order chi connectivity index (χ0) is 6.41. The Morgan fingerprint density at radius 3 is 1.67 bits per heavy atom. The molecule has 0 fully saturated rings. The summed E-state index contributed by atoms with van der Waals surface area (Å²) in [6.07, 6.45) is 0. The maximum absolute atomic E-state index is 5.45. The van der Waals surface area contributed by atoms with Crippen LogP contribution in [0.4, 0.5) is 0 Å². The molecule has 0 rings (SSSR count). The SMILES string of the molecule is CN(CCCl)CCCl.[CaH2]. The van der Waals surface area contributed by atoms with E-state index in [2.05, 4.69) is 4.90 Å². The summed E-state index contributed by atoms with van der Waals surface area (Å²) in [7, 11) is 2.00. The topological polar surface area (TPSA) is 3.24 Å². The molecule has 0 heterocycles. The Morgan fingerprint density at radius 1 is 1.11 bits per heavy atom. The Morgan fingerprint density at radius 2 is 1.44 bits per heavy atom. The third-order valence-electron chi connectivity index (χ3n) is 0.932. The summed E-state index contributed by atoms with van der Waals surface area (Å²) in [5, 5.41) is 0. The van der Waals surface area contributed by atoms with Crippen LogP contribution in [0.25, 0.3) is 0 Å². The molecule has 0 amide bonds. The molecule has 4 heteroatoms. The molecule has 0 radical (unpaired) electrons. The first-order chi connectivity index (χ1) is 3.81. The van der Waals surface area contributed by atoms with Crippen molar-refractivity contribution >= 4 is 60.9 Å². The van der Waals surface area contributed by atoms with Crippen LogP contribution in [0.5, 0.6) is 0 Å². The molecular formula is C5H13CaCl2N. The van der Waals surface area contributed by atoms with Crippen molar-refractivity contribution in [3.63, 3.8) is 0 Å². The van der Waals surface area contributed by atoms with Gasteiger partial charge < -0.3 is 4.90 Å². The first kappa shape index (κ1) is 13.4. The fourth-order valence-corrected chi connectivity index (χ4v) is 0.977. The summed E-state index contributed by atoms with van der Waals surface area (Å²) < 4.78 is 0. The van der Waals surface area contributed by atoms with Crippen LogP contribution in [0.1, 0.15) is 0 Å². The molecule has 0 aliphatic rings. The Balaban J connectivity index is 0. The number of halogens is 2. The van der Waals surface area contributed by atoms with Crippen molar-refractivity contribution in [3.8, 4) is 0 Å². The predicted molar refractivity (Wildman–Crippen MR) is 47.5 cm³/mol. The zero-order valence-electron chi connectivity index (χ0n) is 5.03. The average Bonchev–Trinajstić information content (AvgIpc) is 1.68. The van der Waals surface area contributed by atoms with Crippen LogP contribution in [-0.4, -0.2) is 74.5 Å². The van der Waals surface area contributed by atoms with Crippen molar-refractivity contribution in [3.05, 3.63) is 0 Å². The van der Waals surface area contributed by atoms with Gasteiger partial charge in [-0.25, -0.2) is 0 Å². The first-order valence-electron chi connectivity index (χ1n) is 2.61. The second-order valence-corrected chi connectivity index (χ2v) is 2.44. The molecule has 0 N–H and O–H groups in total. The van der Waals surface area contributed by atoms with Crippen LogP contribution in [0, 0.1) is 0 Å². The van der Waals surface area contributed by atoms with Crippen LogP contribution in [0.15, 0.2) is 0 Å². The monoisotopic (exact) mass is 197 g/mol. The van der Waals surface area contributed by atoms with Crippen LogP contribution in [0.2, 0.25) is 0 Å². The quantitative estimate of drug-likeness (QED) is 0.469. The van der Waals surface area contributed by atoms with E-state index in [1.165, 1.54) is 0 Å². The molecule has 0 aromatic heterocycles. The third kappa shape index (κ3) is 9.80.